The van der Waals surface area contributed by atoms with Crippen LogP contribution in [0.5, 0.6) is 5.75 Å². The minimum absolute atomic E-state index is 0.333. The number of aliphatic hydroxyl groups is 1. The molecule has 0 fully saturated rings. The molecule has 2 aromatic rings. The maximum atomic E-state index is 13.2. The molecule has 0 aliphatic carbocycles. The third-order valence-corrected chi connectivity index (χ3v) is 3.63. The Labute approximate surface area is 120 Å². The Balaban J connectivity index is 2.46. The van der Waals surface area contributed by atoms with Gasteiger partial charge in [0, 0.05) is 16.1 Å². The molecule has 2 rings (SSSR count). The summed E-state index contributed by atoms with van der Waals surface area (Å²) < 4.78 is 19.1. The standard InChI is InChI=1S/C15H14BrFO2/c1-9-3-5-11(13(16)7-9)15(18)12-6-4-10(17)8-14(12)19-2/h3-8,15,18H,1-2H3. The Kier molecular flexibility index (Phi) is 4.22. The molecule has 0 radical (unpaired) electrons. The molecule has 2 nitrogen and oxygen atoms in total. The first-order valence-corrected chi connectivity index (χ1v) is 6.59. The van der Waals surface area contributed by atoms with Crippen LogP contribution in [-0.2, 0) is 0 Å². The van der Waals surface area contributed by atoms with Crippen molar-refractivity contribution in [3.63, 3.8) is 0 Å². The topological polar surface area (TPSA) is 29.5 Å². The van der Waals surface area contributed by atoms with Gasteiger partial charge in [-0.05, 0) is 36.2 Å². The fourth-order valence-corrected chi connectivity index (χ4v) is 2.64. The Morgan fingerprint density at radius 3 is 2.47 bits per heavy atom. The monoisotopic (exact) mass is 324 g/mol. The van der Waals surface area contributed by atoms with Crippen LogP contribution in [0.1, 0.15) is 22.8 Å². The molecule has 0 aliphatic heterocycles. The maximum absolute atomic E-state index is 13.2. The third-order valence-electron chi connectivity index (χ3n) is 2.94. The Morgan fingerprint density at radius 2 is 1.84 bits per heavy atom. The van der Waals surface area contributed by atoms with Gasteiger partial charge < -0.3 is 9.84 Å². The van der Waals surface area contributed by atoms with Gasteiger partial charge in [0.15, 0.2) is 0 Å². The lowest BCUT2D eigenvalue weighted by Gasteiger charge is -2.17. The molecular weight excluding hydrogens is 311 g/mol. The summed E-state index contributed by atoms with van der Waals surface area (Å²) in [6.07, 6.45) is -0.870. The van der Waals surface area contributed by atoms with Crippen molar-refractivity contribution in [2.75, 3.05) is 7.11 Å². The van der Waals surface area contributed by atoms with Crippen molar-refractivity contribution in [1.82, 2.24) is 0 Å². The van der Waals surface area contributed by atoms with Crippen molar-refractivity contribution in [1.29, 1.82) is 0 Å². The van der Waals surface area contributed by atoms with Crippen molar-refractivity contribution in [3.8, 4) is 5.75 Å². The molecule has 0 aliphatic rings. The molecule has 2 aromatic carbocycles. The van der Waals surface area contributed by atoms with Crippen molar-refractivity contribution >= 4 is 15.9 Å². The first kappa shape index (κ1) is 14.0. The van der Waals surface area contributed by atoms with E-state index in [4.69, 9.17) is 4.74 Å². The van der Waals surface area contributed by atoms with Gasteiger partial charge in [0.05, 0.1) is 7.11 Å². The summed E-state index contributed by atoms with van der Waals surface area (Å²) in [5, 5.41) is 10.4. The molecule has 0 bridgehead atoms. The maximum Gasteiger partial charge on any atom is 0.127 e. The summed E-state index contributed by atoms with van der Waals surface area (Å²) in [7, 11) is 1.45. The number of aryl methyl sites for hydroxylation is 1. The minimum atomic E-state index is -0.870. The summed E-state index contributed by atoms with van der Waals surface area (Å²) in [6, 6.07) is 9.79. The quantitative estimate of drug-likeness (QED) is 0.925. The largest absolute Gasteiger partial charge is 0.496 e. The van der Waals surface area contributed by atoms with E-state index in [9.17, 15) is 9.50 Å². The van der Waals surface area contributed by atoms with Crippen LogP contribution < -0.4 is 4.74 Å². The van der Waals surface area contributed by atoms with Gasteiger partial charge in [0.2, 0.25) is 0 Å². The van der Waals surface area contributed by atoms with Gasteiger partial charge in [-0.15, -0.1) is 0 Å². The highest BCUT2D eigenvalue weighted by Gasteiger charge is 2.18. The van der Waals surface area contributed by atoms with Gasteiger partial charge >= 0.3 is 0 Å². The normalized spacial score (nSPS) is 12.3. The molecule has 1 N–H and O–H groups in total. The van der Waals surface area contributed by atoms with Crippen molar-refractivity contribution in [2.24, 2.45) is 0 Å². The number of halogens is 2. The van der Waals surface area contributed by atoms with Gasteiger partial charge in [-0.1, -0.05) is 28.1 Å². The van der Waals surface area contributed by atoms with E-state index in [0.717, 1.165) is 15.6 Å². The second-order valence-electron chi connectivity index (χ2n) is 4.31. The molecule has 1 atom stereocenters. The summed E-state index contributed by atoms with van der Waals surface area (Å²) in [5.74, 6) is -0.0595. The highest BCUT2D eigenvalue weighted by Crippen LogP contribution is 2.34. The highest BCUT2D eigenvalue weighted by molar-refractivity contribution is 9.10. The fourth-order valence-electron chi connectivity index (χ4n) is 1.93. The minimum Gasteiger partial charge on any atom is -0.496 e. The zero-order valence-corrected chi connectivity index (χ0v) is 12.2. The average Bonchev–Trinajstić information content (AvgIpc) is 2.37. The second-order valence-corrected chi connectivity index (χ2v) is 5.17. The third kappa shape index (κ3) is 2.96. The number of rotatable bonds is 3. The average molecular weight is 325 g/mol. The molecule has 0 heterocycles. The van der Waals surface area contributed by atoms with Crippen LogP contribution in [0.15, 0.2) is 40.9 Å². The van der Waals surface area contributed by atoms with Crippen LogP contribution >= 0.6 is 15.9 Å². The molecule has 4 heteroatoms. The van der Waals surface area contributed by atoms with Crippen LogP contribution in [-0.4, -0.2) is 12.2 Å². The Hall–Kier alpha value is -1.39. The van der Waals surface area contributed by atoms with Crippen LogP contribution in [0.3, 0.4) is 0 Å². The molecule has 100 valence electrons. The fraction of sp³-hybridized carbons (Fsp3) is 0.200. The van der Waals surface area contributed by atoms with Crippen molar-refractivity contribution in [3.05, 3.63) is 63.4 Å². The van der Waals surface area contributed by atoms with E-state index in [-0.39, 0.29) is 0 Å². The van der Waals surface area contributed by atoms with E-state index in [1.807, 2.05) is 25.1 Å². The van der Waals surface area contributed by atoms with E-state index >= 15 is 0 Å². The number of aliphatic hydroxyl groups excluding tert-OH is 1. The van der Waals surface area contributed by atoms with Gasteiger partial charge in [0.1, 0.15) is 17.7 Å². The second kappa shape index (κ2) is 5.72. The zero-order chi connectivity index (χ0) is 14.0. The summed E-state index contributed by atoms with van der Waals surface area (Å²) in [6.45, 7) is 1.97. The molecule has 0 aromatic heterocycles. The SMILES string of the molecule is COc1cc(F)ccc1C(O)c1ccc(C)cc1Br. The number of methoxy groups -OCH3 is 1. The molecule has 1 unspecified atom stereocenters. The Bertz CT molecular complexity index is 599. The first-order valence-electron chi connectivity index (χ1n) is 5.80. The van der Waals surface area contributed by atoms with E-state index in [2.05, 4.69) is 15.9 Å². The first-order chi connectivity index (χ1) is 9.02. The lowest BCUT2D eigenvalue weighted by molar-refractivity contribution is 0.213. The van der Waals surface area contributed by atoms with E-state index in [1.54, 1.807) is 0 Å². The van der Waals surface area contributed by atoms with Gasteiger partial charge in [-0.3, -0.25) is 0 Å². The van der Waals surface area contributed by atoms with Crippen LogP contribution in [0.4, 0.5) is 4.39 Å². The predicted octanol–water partition coefficient (Wildman–Crippen LogP) is 3.99. The van der Waals surface area contributed by atoms with Crippen LogP contribution in [0, 0.1) is 12.7 Å². The lowest BCUT2D eigenvalue weighted by Crippen LogP contribution is -2.04. The van der Waals surface area contributed by atoms with Gasteiger partial charge in [-0.25, -0.2) is 4.39 Å². The number of ether oxygens (including phenoxy) is 1. The highest BCUT2D eigenvalue weighted by atomic mass is 79.9. The molecule has 0 spiro atoms. The summed E-state index contributed by atoms with van der Waals surface area (Å²) in [5.41, 5.74) is 2.35. The van der Waals surface area contributed by atoms with Gasteiger partial charge in [-0.2, -0.15) is 0 Å². The molecule has 0 amide bonds. The summed E-state index contributed by atoms with van der Waals surface area (Å²) in [4.78, 5) is 0. The van der Waals surface area contributed by atoms with E-state index in [1.165, 1.54) is 25.3 Å². The van der Waals surface area contributed by atoms with E-state index < -0.39 is 11.9 Å². The van der Waals surface area contributed by atoms with Crippen LogP contribution in [0.25, 0.3) is 0 Å². The lowest BCUT2D eigenvalue weighted by atomic mass is 9.99. The van der Waals surface area contributed by atoms with E-state index in [0.29, 0.717) is 11.3 Å². The molecule has 19 heavy (non-hydrogen) atoms. The molecule has 0 saturated carbocycles. The van der Waals surface area contributed by atoms with Crippen molar-refractivity contribution < 1.29 is 14.2 Å². The number of hydrogen-bond acceptors (Lipinski definition) is 2. The Morgan fingerprint density at radius 1 is 1.16 bits per heavy atom. The number of hydrogen-bond donors (Lipinski definition) is 1. The molecule has 0 saturated heterocycles. The van der Waals surface area contributed by atoms with Crippen molar-refractivity contribution in [2.45, 2.75) is 13.0 Å². The molecular formula is C15H14BrFO2. The van der Waals surface area contributed by atoms with Gasteiger partial charge in [0.25, 0.3) is 0 Å². The van der Waals surface area contributed by atoms with Crippen LogP contribution in [0.2, 0.25) is 0 Å². The smallest absolute Gasteiger partial charge is 0.127 e. The summed E-state index contributed by atoms with van der Waals surface area (Å²) >= 11 is 3.43. The zero-order valence-electron chi connectivity index (χ0n) is 10.7. The number of benzene rings is 2. The predicted molar refractivity (Wildman–Crippen MR) is 75.9 cm³/mol.